The zero-order valence-electron chi connectivity index (χ0n) is 17.1. The molecule has 3 aromatic rings. The number of ether oxygens (including phenoxy) is 1. The molecule has 0 aliphatic rings. The maximum Gasteiger partial charge on any atom is 0.392 e. The summed E-state index contributed by atoms with van der Waals surface area (Å²) in [4.78, 5) is 24.6. The summed E-state index contributed by atoms with van der Waals surface area (Å²) in [5, 5.41) is 2.70. The third kappa shape index (κ3) is 4.73. The number of nitrogens with one attached hydrogen (secondary N) is 1. The van der Waals surface area contributed by atoms with Gasteiger partial charge in [0, 0.05) is 19.2 Å². The lowest BCUT2D eigenvalue weighted by molar-refractivity contribution is -0.173. The molecule has 0 aliphatic heterocycles. The molecule has 166 valence electrons. The minimum Gasteiger partial charge on any atom is -0.494 e. The summed E-state index contributed by atoms with van der Waals surface area (Å²) >= 11 is 0. The van der Waals surface area contributed by atoms with E-state index in [1.54, 1.807) is 23.9 Å². The molecule has 0 spiro atoms. The van der Waals surface area contributed by atoms with Gasteiger partial charge in [-0.1, -0.05) is 13.0 Å². The van der Waals surface area contributed by atoms with Crippen molar-refractivity contribution in [2.45, 2.75) is 26.1 Å². The van der Waals surface area contributed by atoms with Gasteiger partial charge in [-0.15, -0.1) is 0 Å². The van der Waals surface area contributed by atoms with Crippen molar-refractivity contribution in [3.63, 3.8) is 0 Å². The largest absolute Gasteiger partial charge is 0.494 e. The van der Waals surface area contributed by atoms with Crippen molar-refractivity contribution in [1.82, 2.24) is 9.36 Å². The fourth-order valence-corrected chi connectivity index (χ4v) is 3.23. The van der Waals surface area contributed by atoms with Crippen LogP contribution in [-0.2, 0) is 18.4 Å². The Hall–Kier alpha value is -3.30. The van der Waals surface area contributed by atoms with Gasteiger partial charge in [0.15, 0.2) is 11.6 Å². The number of methoxy groups -OCH3 is 1. The van der Waals surface area contributed by atoms with E-state index in [1.165, 1.54) is 36.1 Å². The molecule has 3 rings (SSSR count). The molecular formula is C21H21F4N3O3. The molecule has 6 nitrogen and oxygen atoms in total. The SMILES string of the molecule is COc1cc(Cn2c3ccc(NC(=O)CC(C)C(F)(F)F)cc3c(=O)n2C)ccc1F. The number of rotatable bonds is 6. The first-order valence-electron chi connectivity index (χ1n) is 9.39. The molecule has 0 bridgehead atoms. The van der Waals surface area contributed by atoms with Gasteiger partial charge in [-0.3, -0.25) is 19.0 Å². The number of nitrogens with zero attached hydrogens (tertiary/aromatic N) is 2. The Morgan fingerprint density at radius 1 is 1.19 bits per heavy atom. The van der Waals surface area contributed by atoms with E-state index in [2.05, 4.69) is 5.32 Å². The van der Waals surface area contributed by atoms with Crippen LogP contribution >= 0.6 is 0 Å². The van der Waals surface area contributed by atoms with Gasteiger partial charge in [0.05, 0.1) is 30.5 Å². The normalized spacial score (nSPS) is 12.7. The number of benzene rings is 2. The summed E-state index contributed by atoms with van der Waals surface area (Å²) in [6, 6.07) is 8.91. The number of fused-ring (bicyclic) bond motifs is 1. The van der Waals surface area contributed by atoms with Crippen LogP contribution in [0.1, 0.15) is 18.9 Å². The number of anilines is 1. The highest BCUT2D eigenvalue weighted by Crippen LogP contribution is 2.28. The summed E-state index contributed by atoms with van der Waals surface area (Å²) in [6.07, 6.45) is -5.18. The summed E-state index contributed by atoms with van der Waals surface area (Å²) in [5.74, 6) is -2.99. The molecule has 2 aromatic carbocycles. The van der Waals surface area contributed by atoms with E-state index in [9.17, 15) is 27.2 Å². The molecule has 0 fully saturated rings. The molecule has 1 atom stereocenters. The van der Waals surface area contributed by atoms with E-state index in [0.717, 1.165) is 6.92 Å². The molecule has 1 aromatic heterocycles. The third-order valence-electron chi connectivity index (χ3n) is 5.04. The van der Waals surface area contributed by atoms with Gasteiger partial charge in [-0.05, 0) is 35.9 Å². The molecule has 1 heterocycles. The van der Waals surface area contributed by atoms with E-state index in [0.29, 0.717) is 16.5 Å². The van der Waals surface area contributed by atoms with Crippen LogP contribution in [-0.4, -0.2) is 28.6 Å². The fraction of sp³-hybridized carbons (Fsp3) is 0.333. The van der Waals surface area contributed by atoms with Crippen LogP contribution in [0.4, 0.5) is 23.2 Å². The van der Waals surface area contributed by atoms with E-state index in [4.69, 9.17) is 4.74 Å². The molecule has 0 radical (unpaired) electrons. The summed E-state index contributed by atoms with van der Waals surface area (Å²) < 4.78 is 59.6. The van der Waals surface area contributed by atoms with Crippen molar-refractivity contribution in [2.24, 2.45) is 13.0 Å². The fourth-order valence-electron chi connectivity index (χ4n) is 3.23. The van der Waals surface area contributed by atoms with Crippen molar-refractivity contribution in [3.05, 3.63) is 58.1 Å². The lowest BCUT2D eigenvalue weighted by atomic mass is 10.1. The second-order valence-electron chi connectivity index (χ2n) is 7.28. The highest BCUT2D eigenvalue weighted by atomic mass is 19.4. The highest BCUT2D eigenvalue weighted by molar-refractivity contribution is 5.93. The van der Waals surface area contributed by atoms with E-state index in [-0.39, 0.29) is 23.5 Å². The lowest BCUT2D eigenvalue weighted by Gasteiger charge is -2.15. The van der Waals surface area contributed by atoms with E-state index < -0.39 is 30.2 Å². The maximum absolute atomic E-state index is 13.7. The van der Waals surface area contributed by atoms with Gasteiger partial charge in [-0.25, -0.2) is 4.39 Å². The standard InChI is InChI=1S/C21H21F4N3O3/c1-12(21(23,24)25)8-19(29)26-14-5-7-17-15(10-14)20(30)27(2)28(17)11-13-4-6-16(22)18(9-13)31-3/h4-7,9-10,12H,8,11H2,1-3H3,(H,26,29). The quantitative estimate of drug-likeness (QED) is 0.589. The van der Waals surface area contributed by atoms with E-state index >= 15 is 0 Å². The van der Waals surface area contributed by atoms with Crippen LogP contribution < -0.4 is 15.6 Å². The molecule has 31 heavy (non-hydrogen) atoms. The average Bonchev–Trinajstić information content (AvgIpc) is 2.93. The number of hydrogen-bond donors (Lipinski definition) is 1. The van der Waals surface area contributed by atoms with Gasteiger partial charge in [0.25, 0.3) is 5.56 Å². The minimum atomic E-state index is -4.46. The Morgan fingerprint density at radius 2 is 1.90 bits per heavy atom. The molecular weight excluding hydrogens is 418 g/mol. The van der Waals surface area contributed by atoms with Crippen molar-refractivity contribution < 1.29 is 27.1 Å². The Morgan fingerprint density at radius 3 is 2.55 bits per heavy atom. The van der Waals surface area contributed by atoms with Crippen LogP contribution in [0.15, 0.2) is 41.2 Å². The van der Waals surface area contributed by atoms with Crippen molar-refractivity contribution >= 4 is 22.5 Å². The first kappa shape index (κ1) is 22.4. The minimum absolute atomic E-state index is 0.0806. The highest BCUT2D eigenvalue weighted by Gasteiger charge is 2.37. The number of carbonyl (C=O) groups excluding carboxylic acids is 1. The molecule has 0 saturated carbocycles. The van der Waals surface area contributed by atoms with Gasteiger partial charge in [-0.2, -0.15) is 13.2 Å². The molecule has 0 aliphatic carbocycles. The van der Waals surface area contributed by atoms with Crippen molar-refractivity contribution in [2.75, 3.05) is 12.4 Å². The van der Waals surface area contributed by atoms with Gasteiger partial charge in [0.2, 0.25) is 5.91 Å². The Bertz CT molecular complexity index is 1180. The second-order valence-corrected chi connectivity index (χ2v) is 7.28. The number of alkyl halides is 3. The Labute approximate surface area is 175 Å². The number of carbonyl (C=O) groups is 1. The zero-order chi connectivity index (χ0) is 22.9. The molecule has 1 N–H and O–H groups in total. The van der Waals surface area contributed by atoms with Crippen LogP contribution in [0.3, 0.4) is 0 Å². The smallest absolute Gasteiger partial charge is 0.392 e. The summed E-state index contributed by atoms with van der Waals surface area (Å²) in [5.41, 5.74) is 1.13. The third-order valence-corrected chi connectivity index (χ3v) is 5.04. The molecule has 10 heteroatoms. The zero-order valence-corrected chi connectivity index (χ0v) is 17.1. The van der Waals surface area contributed by atoms with Crippen LogP contribution in [0.2, 0.25) is 0 Å². The summed E-state index contributed by atoms with van der Waals surface area (Å²) in [7, 11) is 2.92. The van der Waals surface area contributed by atoms with Crippen LogP contribution in [0.25, 0.3) is 10.9 Å². The van der Waals surface area contributed by atoms with E-state index in [1.807, 2.05) is 0 Å². The summed E-state index contributed by atoms with van der Waals surface area (Å²) in [6.45, 7) is 1.18. The number of halogens is 4. The average molecular weight is 439 g/mol. The first-order valence-corrected chi connectivity index (χ1v) is 9.39. The van der Waals surface area contributed by atoms with Gasteiger partial charge in [0.1, 0.15) is 0 Å². The van der Waals surface area contributed by atoms with Gasteiger partial charge >= 0.3 is 6.18 Å². The molecule has 1 amide bonds. The predicted molar refractivity (Wildman–Crippen MR) is 108 cm³/mol. The predicted octanol–water partition coefficient (Wildman–Crippen LogP) is 4.06. The van der Waals surface area contributed by atoms with Crippen LogP contribution in [0.5, 0.6) is 5.75 Å². The van der Waals surface area contributed by atoms with Crippen molar-refractivity contribution in [3.8, 4) is 5.75 Å². The topological polar surface area (TPSA) is 65.3 Å². The monoisotopic (exact) mass is 439 g/mol. The van der Waals surface area contributed by atoms with Gasteiger partial charge < -0.3 is 10.1 Å². The van der Waals surface area contributed by atoms with Crippen molar-refractivity contribution in [1.29, 1.82) is 0 Å². The van der Waals surface area contributed by atoms with Crippen LogP contribution in [0, 0.1) is 11.7 Å². The number of amides is 1. The lowest BCUT2D eigenvalue weighted by Crippen LogP contribution is -2.25. The Kier molecular flexibility index (Phi) is 6.10. The Balaban J connectivity index is 1.87. The molecule has 1 unspecified atom stereocenters. The maximum atomic E-state index is 13.7. The molecule has 0 saturated heterocycles. The number of hydrogen-bond acceptors (Lipinski definition) is 3. The number of aromatic nitrogens is 2. The first-order chi connectivity index (χ1) is 14.5. The second kappa shape index (κ2) is 8.44.